The molecule has 0 amide bonds. The Bertz CT molecular complexity index is 602. The largest absolute Gasteiger partial charge is 0.495 e. The van der Waals surface area contributed by atoms with Gasteiger partial charge in [-0.25, -0.2) is 13.1 Å². The van der Waals surface area contributed by atoms with Crippen LogP contribution in [0.4, 0.5) is 5.69 Å². The summed E-state index contributed by atoms with van der Waals surface area (Å²) in [5.74, 6) is 0.212. The Morgan fingerprint density at radius 2 is 2.24 bits per heavy atom. The number of hydrogen-bond acceptors (Lipinski definition) is 6. The first kappa shape index (κ1) is 16.5. The van der Waals surface area contributed by atoms with Crippen LogP contribution < -0.4 is 15.2 Å². The molecule has 1 aliphatic heterocycles. The monoisotopic (exact) mass is 380 g/mol. The number of ether oxygens (including phenoxy) is 3. The van der Waals surface area contributed by atoms with Gasteiger partial charge in [0, 0.05) is 16.7 Å². The van der Waals surface area contributed by atoms with Gasteiger partial charge in [0.05, 0.1) is 33.0 Å². The summed E-state index contributed by atoms with van der Waals surface area (Å²) in [6, 6.07) is 2.87. The fourth-order valence-corrected chi connectivity index (χ4v) is 3.43. The first-order valence-corrected chi connectivity index (χ1v) is 8.53. The summed E-state index contributed by atoms with van der Waals surface area (Å²) in [5, 5.41) is 0. The Hall–Kier alpha value is -0.870. The van der Waals surface area contributed by atoms with Crippen molar-refractivity contribution < 1.29 is 22.6 Å². The Morgan fingerprint density at radius 3 is 2.86 bits per heavy atom. The van der Waals surface area contributed by atoms with E-state index in [0.717, 1.165) is 0 Å². The van der Waals surface area contributed by atoms with Crippen molar-refractivity contribution in [1.29, 1.82) is 0 Å². The number of nitrogens with one attached hydrogen (secondary N) is 1. The molecule has 1 atom stereocenters. The summed E-state index contributed by atoms with van der Waals surface area (Å²) < 4.78 is 43.5. The predicted octanol–water partition coefficient (Wildman–Crippen LogP) is 0.734. The van der Waals surface area contributed by atoms with Gasteiger partial charge in [-0.1, -0.05) is 0 Å². The zero-order chi connectivity index (χ0) is 15.5. The lowest BCUT2D eigenvalue weighted by molar-refractivity contribution is -0.0846. The van der Waals surface area contributed by atoms with Crippen molar-refractivity contribution >= 4 is 31.6 Å². The molecule has 3 N–H and O–H groups in total. The molecule has 1 fully saturated rings. The lowest BCUT2D eigenvalue weighted by Gasteiger charge is -2.23. The SMILES string of the molecule is COc1cc(Br)c(N)cc1S(=O)(=O)NCC1COCCO1. The van der Waals surface area contributed by atoms with Crippen molar-refractivity contribution in [3.05, 3.63) is 16.6 Å². The number of nitrogens with two attached hydrogens (primary N) is 1. The molecule has 1 unspecified atom stereocenters. The van der Waals surface area contributed by atoms with Crippen LogP contribution >= 0.6 is 15.9 Å². The standard InChI is InChI=1S/C12H17BrN2O5S/c1-18-11-4-9(13)10(14)5-12(11)21(16,17)15-6-8-7-19-2-3-20-8/h4-5,8,15H,2-3,6-7,14H2,1H3. The first-order chi connectivity index (χ1) is 9.94. The summed E-state index contributed by atoms with van der Waals surface area (Å²) >= 11 is 3.23. The van der Waals surface area contributed by atoms with Crippen molar-refractivity contribution in [2.75, 3.05) is 39.2 Å². The normalized spacial score (nSPS) is 19.4. The van der Waals surface area contributed by atoms with Crippen molar-refractivity contribution in [2.45, 2.75) is 11.0 Å². The highest BCUT2D eigenvalue weighted by atomic mass is 79.9. The second kappa shape index (κ2) is 6.93. The molecule has 1 aromatic carbocycles. The Kier molecular flexibility index (Phi) is 5.44. The highest BCUT2D eigenvalue weighted by Gasteiger charge is 2.23. The molecule has 118 valence electrons. The Balaban J connectivity index is 2.16. The molecule has 0 radical (unpaired) electrons. The van der Waals surface area contributed by atoms with Gasteiger partial charge in [-0.3, -0.25) is 0 Å². The zero-order valence-electron chi connectivity index (χ0n) is 11.5. The number of halogens is 1. The molecular weight excluding hydrogens is 364 g/mol. The van der Waals surface area contributed by atoms with Crippen LogP contribution in [0, 0.1) is 0 Å². The minimum atomic E-state index is -3.75. The number of sulfonamides is 1. The highest BCUT2D eigenvalue weighted by molar-refractivity contribution is 9.10. The molecule has 1 saturated heterocycles. The van der Waals surface area contributed by atoms with Crippen LogP contribution in [0.2, 0.25) is 0 Å². The van der Waals surface area contributed by atoms with Crippen LogP contribution in [0.5, 0.6) is 5.75 Å². The molecule has 1 heterocycles. The number of hydrogen-bond donors (Lipinski definition) is 2. The summed E-state index contributed by atoms with van der Waals surface area (Å²) in [6.07, 6.45) is -0.299. The van der Waals surface area contributed by atoms with Gasteiger partial charge < -0.3 is 19.9 Å². The van der Waals surface area contributed by atoms with Crippen LogP contribution in [0.1, 0.15) is 0 Å². The average molecular weight is 381 g/mol. The second-order valence-electron chi connectivity index (χ2n) is 4.44. The van der Waals surface area contributed by atoms with E-state index in [2.05, 4.69) is 20.7 Å². The van der Waals surface area contributed by atoms with Gasteiger partial charge in [-0.15, -0.1) is 0 Å². The van der Waals surface area contributed by atoms with E-state index in [1.54, 1.807) is 0 Å². The topological polar surface area (TPSA) is 99.9 Å². The van der Waals surface area contributed by atoms with E-state index in [-0.39, 0.29) is 23.3 Å². The molecule has 0 saturated carbocycles. The van der Waals surface area contributed by atoms with Gasteiger partial charge in [0.1, 0.15) is 10.6 Å². The lowest BCUT2D eigenvalue weighted by atomic mass is 10.3. The summed E-state index contributed by atoms with van der Waals surface area (Å²) in [6.45, 7) is 1.48. The minimum absolute atomic E-state index is 0.0116. The van der Waals surface area contributed by atoms with Crippen LogP contribution in [0.3, 0.4) is 0 Å². The van der Waals surface area contributed by atoms with Gasteiger partial charge in [0.2, 0.25) is 10.0 Å². The van der Waals surface area contributed by atoms with Crippen LogP contribution in [-0.2, 0) is 19.5 Å². The second-order valence-corrected chi connectivity index (χ2v) is 7.03. The molecule has 0 aliphatic carbocycles. The van der Waals surface area contributed by atoms with Crippen LogP contribution in [-0.4, -0.2) is 48.0 Å². The number of methoxy groups -OCH3 is 1. The van der Waals surface area contributed by atoms with Gasteiger partial charge >= 0.3 is 0 Å². The molecular formula is C12H17BrN2O5S. The fraction of sp³-hybridized carbons (Fsp3) is 0.500. The van der Waals surface area contributed by atoms with Crippen LogP contribution in [0.15, 0.2) is 21.5 Å². The van der Waals surface area contributed by atoms with E-state index < -0.39 is 10.0 Å². The van der Waals surface area contributed by atoms with E-state index in [9.17, 15) is 8.42 Å². The third-order valence-electron chi connectivity index (χ3n) is 2.96. The maximum Gasteiger partial charge on any atom is 0.244 e. The fourth-order valence-electron chi connectivity index (χ4n) is 1.86. The van der Waals surface area contributed by atoms with E-state index in [1.807, 2.05) is 0 Å². The van der Waals surface area contributed by atoms with E-state index >= 15 is 0 Å². The zero-order valence-corrected chi connectivity index (χ0v) is 13.9. The number of nitrogen functional groups attached to an aromatic ring is 1. The van der Waals surface area contributed by atoms with Gasteiger partial charge in [0.15, 0.2) is 0 Å². The molecule has 0 aromatic heterocycles. The van der Waals surface area contributed by atoms with Crippen molar-refractivity contribution in [1.82, 2.24) is 4.72 Å². The minimum Gasteiger partial charge on any atom is -0.495 e. The Morgan fingerprint density at radius 1 is 1.48 bits per heavy atom. The molecule has 0 spiro atoms. The predicted molar refractivity (Wildman–Crippen MR) is 80.9 cm³/mol. The van der Waals surface area contributed by atoms with Crippen molar-refractivity contribution in [3.8, 4) is 5.75 Å². The summed E-state index contributed by atoms with van der Waals surface area (Å²) in [4.78, 5) is -0.0116. The van der Waals surface area contributed by atoms with E-state index in [1.165, 1.54) is 19.2 Å². The number of rotatable bonds is 5. The molecule has 2 rings (SSSR count). The lowest BCUT2D eigenvalue weighted by Crippen LogP contribution is -2.39. The molecule has 7 nitrogen and oxygen atoms in total. The Labute approximate surface area is 131 Å². The maximum atomic E-state index is 12.4. The molecule has 1 aliphatic rings. The van der Waals surface area contributed by atoms with E-state index in [0.29, 0.717) is 30.0 Å². The number of anilines is 1. The third-order valence-corrected chi connectivity index (χ3v) is 5.09. The number of benzene rings is 1. The smallest absolute Gasteiger partial charge is 0.244 e. The average Bonchev–Trinajstić information content (AvgIpc) is 2.48. The quantitative estimate of drug-likeness (QED) is 0.730. The van der Waals surface area contributed by atoms with E-state index in [4.69, 9.17) is 19.9 Å². The van der Waals surface area contributed by atoms with Crippen LogP contribution in [0.25, 0.3) is 0 Å². The third kappa shape index (κ3) is 4.07. The first-order valence-electron chi connectivity index (χ1n) is 6.26. The van der Waals surface area contributed by atoms with Gasteiger partial charge in [0.25, 0.3) is 0 Å². The van der Waals surface area contributed by atoms with Gasteiger partial charge in [-0.2, -0.15) is 0 Å². The summed E-state index contributed by atoms with van der Waals surface area (Å²) in [5.41, 5.74) is 6.05. The summed E-state index contributed by atoms with van der Waals surface area (Å²) in [7, 11) is -2.36. The van der Waals surface area contributed by atoms with Crippen molar-refractivity contribution in [3.63, 3.8) is 0 Å². The highest BCUT2D eigenvalue weighted by Crippen LogP contribution is 2.32. The molecule has 1 aromatic rings. The molecule has 21 heavy (non-hydrogen) atoms. The molecule has 0 bridgehead atoms. The maximum absolute atomic E-state index is 12.4. The van der Waals surface area contributed by atoms with Crippen molar-refractivity contribution in [2.24, 2.45) is 0 Å². The van der Waals surface area contributed by atoms with Gasteiger partial charge in [-0.05, 0) is 28.1 Å². The molecule has 9 heteroatoms.